The van der Waals surface area contributed by atoms with Gasteiger partial charge in [-0.1, -0.05) is 12.1 Å². The maximum absolute atomic E-state index is 13.2. The minimum atomic E-state index is -3.36. The molecule has 1 aromatic heterocycles. The van der Waals surface area contributed by atoms with Crippen molar-refractivity contribution in [3.8, 4) is 5.75 Å². The smallest absolute Gasteiger partial charge is 0.252 e. The van der Waals surface area contributed by atoms with Gasteiger partial charge in [0.25, 0.3) is 5.91 Å². The number of amides is 1. The van der Waals surface area contributed by atoms with Crippen LogP contribution < -0.4 is 14.4 Å². The molecule has 0 spiro atoms. The number of nitrogens with one attached hydrogen (secondary N) is 1. The number of aromatic nitrogens is 2. The van der Waals surface area contributed by atoms with Gasteiger partial charge < -0.3 is 14.6 Å². The molecule has 1 unspecified atom stereocenters. The first-order chi connectivity index (χ1) is 15.3. The molecule has 0 saturated carbocycles. The lowest BCUT2D eigenvalue weighted by Crippen LogP contribution is -2.35. The second kappa shape index (κ2) is 8.66. The summed E-state index contributed by atoms with van der Waals surface area (Å²) in [6, 6.07) is 12.2. The number of anilines is 1. The van der Waals surface area contributed by atoms with Gasteiger partial charge >= 0.3 is 0 Å². The highest BCUT2D eigenvalue weighted by atomic mass is 32.2. The van der Waals surface area contributed by atoms with Gasteiger partial charge in [-0.05, 0) is 54.3 Å². The van der Waals surface area contributed by atoms with Crippen LogP contribution in [-0.2, 0) is 23.5 Å². The third kappa shape index (κ3) is 4.34. The summed E-state index contributed by atoms with van der Waals surface area (Å²) in [5.41, 5.74) is 2.85. The zero-order chi connectivity index (χ0) is 22.9. The first-order valence-electron chi connectivity index (χ1n) is 10.3. The normalized spacial score (nSPS) is 14.5. The second-order valence-electron chi connectivity index (χ2n) is 7.86. The maximum atomic E-state index is 13.2. The van der Waals surface area contributed by atoms with Gasteiger partial charge in [0.05, 0.1) is 19.1 Å². The number of sulfonamides is 1. The number of ether oxygens (including phenoxy) is 1. The first-order valence-corrected chi connectivity index (χ1v) is 12.2. The molecule has 1 aliphatic heterocycles. The van der Waals surface area contributed by atoms with Gasteiger partial charge in [0, 0.05) is 31.5 Å². The Hall–Kier alpha value is -3.33. The molecule has 0 bridgehead atoms. The van der Waals surface area contributed by atoms with Gasteiger partial charge in [0.2, 0.25) is 10.0 Å². The molecule has 1 amide bonds. The Morgan fingerprint density at radius 2 is 1.94 bits per heavy atom. The molecule has 9 heteroatoms. The summed E-state index contributed by atoms with van der Waals surface area (Å²) >= 11 is 0. The third-order valence-electron chi connectivity index (χ3n) is 5.66. The summed E-state index contributed by atoms with van der Waals surface area (Å²) in [7, 11) is 0.128. The molecule has 3 aromatic rings. The highest BCUT2D eigenvalue weighted by molar-refractivity contribution is 7.92. The molecule has 4 rings (SSSR count). The van der Waals surface area contributed by atoms with Crippen molar-refractivity contribution in [2.45, 2.75) is 18.9 Å². The van der Waals surface area contributed by atoms with Gasteiger partial charge in [-0.15, -0.1) is 0 Å². The van der Waals surface area contributed by atoms with Crippen LogP contribution in [0.2, 0.25) is 0 Å². The molecular weight excluding hydrogens is 428 g/mol. The zero-order valence-electron chi connectivity index (χ0n) is 18.3. The lowest BCUT2D eigenvalue weighted by Gasteiger charge is -2.29. The largest absolute Gasteiger partial charge is 0.497 e. The number of nitrogens with zero attached hydrogens (tertiary/aromatic N) is 3. The quantitative estimate of drug-likeness (QED) is 0.618. The summed E-state index contributed by atoms with van der Waals surface area (Å²) < 4.78 is 32.7. The lowest BCUT2D eigenvalue weighted by molar-refractivity contribution is 0.0941. The molecule has 1 atom stereocenters. The van der Waals surface area contributed by atoms with Crippen molar-refractivity contribution in [2.24, 2.45) is 7.05 Å². The van der Waals surface area contributed by atoms with E-state index in [1.165, 1.54) is 10.6 Å². The van der Waals surface area contributed by atoms with E-state index in [9.17, 15) is 13.2 Å². The van der Waals surface area contributed by atoms with Crippen LogP contribution in [0.15, 0.2) is 54.9 Å². The molecule has 0 fully saturated rings. The highest BCUT2D eigenvalue weighted by Gasteiger charge is 2.26. The van der Waals surface area contributed by atoms with Gasteiger partial charge in [-0.2, -0.15) is 0 Å². The number of hydrogen-bond donors (Lipinski definition) is 1. The van der Waals surface area contributed by atoms with Crippen LogP contribution in [0.4, 0.5) is 5.69 Å². The van der Waals surface area contributed by atoms with Gasteiger partial charge in [0.1, 0.15) is 17.6 Å². The molecule has 2 aromatic carbocycles. The molecule has 0 saturated heterocycles. The number of imidazole rings is 1. The van der Waals surface area contributed by atoms with Crippen LogP contribution in [0.1, 0.15) is 39.8 Å². The molecule has 32 heavy (non-hydrogen) atoms. The van der Waals surface area contributed by atoms with Crippen molar-refractivity contribution >= 4 is 21.6 Å². The number of rotatable bonds is 6. The van der Waals surface area contributed by atoms with E-state index in [0.717, 1.165) is 23.3 Å². The molecule has 168 valence electrons. The Morgan fingerprint density at radius 3 is 2.56 bits per heavy atom. The summed E-state index contributed by atoms with van der Waals surface area (Å²) in [4.78, 5) is 17.7. The molecule has 1 aliphatic rings. The topological polar surface area (TPSA) is 93.5 Å². The van der Waals surface area contributed by atoms with Gasteiger partial charge in [-0.25, -0.2) is 13.4 Å². The SMILES string of the molecule is COc1ccc(C(NC(=O)c2ccc3c(c2)CCCN3S(C)(=O)=O)c2nccn2C)cc1. The number of carbonyl (C=O) groups excluding carboxylic acids is 1. The van der Waals surface area contributed by atoms with Crippen LogP contribution >= 0.6 is 0 Å². The Morgan fingerprint density at radius 1 is 1.19 bits per heavy atom. The molecule has 1 N–H and O–H groups in total. The Bertz CT molecular complexity index is 1240. The molecule has 0 radical (unpaired) electrons. The van der Waals surface area contributed by atoms with Gasteiger partial charge in [0.15, 0.2) is 0 Å². The Labute approximate surface area is 187 Å². The predicted molar refractivity (Wildman–Crippen MR) is 122 cm³/mol. The van der Waals surface area contributed by atoms with Crippen molar-refractivity contribution in [2.75, 3.05) is 24.2 Å². The number of hydrogen-bond acceptors (Lipinski definition) is 5. The molecule has 0 aliphatic carbocycles. The van der Waals surface area contributed by atoms with Crippen LogP contribution in [0.5, 0.6) is 5.75 Å². The maximum Gasteiger partial charge on any atom is 0.252 e. The molecule has 2 heterocycles. The Kier molecular flexibility index (Phi) is 5.92. The number of carbonyl (C=O) groups is 1. The van der Waals surface area contributed by atoms with Crippen molar-refractivity contribution in [1.29, 1.82) is 0 Å². The third-order valence-corrected chi connectivity index (χ3v) is 6.84. The average Bonchev–Trinajstić information content (AvgIpc) is 3.21. The van der Waals surface area contributed by atoms with Gasteiger partial charge in [-0.3, -0.25) is 9.10 Å². The first kappa shape index (κ1) is 21.9. The summed E-state index contributed by atoms with van der Waals surface area (Å²) in [5, 5.41) is 3.08. The monoisotopic (exact) mass is 454 g/mol. The van der Waals surface area contributed by atoms with E-state index in [0.29, 0.717) is 30.0 Å². The van der Waals surface area contributed by atoms with E-state index in [-0.39, 0.29) is 5.91 Å². The van der Waals surface area contributed by atoms with Crippen LogP contribution in [0.25, 0.3) is 0 Å². The summed E-state index contributed by atoms with van der Waals surface area (Å²) in [6.45, 7) is 0.454. The van der Waals surface area contributed by atoms with Crippen LogP contribution in [0.3, 0.4) is 0 Å². The number of fused-ring (bicyclic) bond motifs is 1. The van der Waals surface area contributed by atoms with E-state index in [1.807, 2.05) is 42.1 Å². The highest BCUT2D eigenvalue weighted by Crippen LogP contribution is 2.30. The number of methoxy groups -OCH3 is 1. The van der Waals surface area contributed by atoms with Crippen molar-refractivity contribution in [3.05, 3.63) is 77.4 Å². The summed E-state index contributed by atoms with van der Waals surface area (Å²) in [5.74, 6) is 1.17. The van der Waals surface area contributed by atoms with Crippen molar-refractivity contribution < 1.29 is 17.9 Å². The fourth-order valence-electron chi connectivity index (χ4n) is 4.01. The molecule has 8 nitrogen and oxygen atoms in total. The average molecular weight is 455 g/mol. The van der Waals surface area contributed by atoms with Crippen molar-refractivity contribution in [3.63, 3.8) is 0 Å². The summed E-state index contributed by atoms with van der Waals surface area (Å²) in [6.07, 6.45) is 6.17. The van der Waals surface area contributed by atoms with Crippen LogP contribution in [0, 0.1) is 0 Å². The minimum absolute atomic E-state index is 0.256. The number of aryl methyl sites for hydroxylation is 2. The zero-order valence-corrected chi connectivity index (χ0v) is 19.1. The molecular formula is C23H26N4O4S. The standard InChI is InChI=1S/C23H26N4O4S/c1-26-14-12-24-22(26)21(16-6-9-19(31-2)10-7-16)25-23(28)18-8-11-20-17(15-18)5-4-13-27(20)32(3,29)30/h6-12,14-15,21H,4-5,13H2,1-3H3,(H,25,28). The minimum Gasteiger partial charge on any atom is -0.497 e. The van der Waals surface area contributed by atoms with Crippen molar-refractivity contribution in [1.82, 2.24) is 14.9 Å². The Balaban J connectivity index is 1.65. The van der Waals surface area contributed by atoms with E-state index >= 15 is 0 Å². The lowest BCUT2D eigenvalue weighted by atomic mass is 10.00. The van der Waals surface area contributed by atoms with Crippen LogP contribution in [-0.4, -0.2) is 43.8 Å². The fraction of sp³-hybridized carbons (Fsp3) is 0.304. The number of benzene rings is 2. The second-order valence-corrected chi connectivity index (χ2v) is 9.76. The fourth-order valence-corrected chi connectivity index (χ4v) is 5.01. The van der Waals surface area contributed by atoms with E-state index in [2.05, 4.69) is 10.3 Å². The van der Waals surface area contributed by atoms with E-state index < -0.39 is 16.1 Å². The van der Waals surface area contributed by atoms with E-state index in [1.54, 1.807) is 31.5 Å². The predicted octanol–water partition coefficient (Wildman–Crippen LogP) is 2.66. The van der Waals surface area contributed by atoms with E-state index in [4.69, 9.17) is 4.74 Å².